The fourth-order valence-electron chi connectivity index (χ4n) is 2.45. The van der Waals surface area contributed by atoms with Crippen molar-refractivity contribution in [1.82, 2.24) is 9.80 Å². The molecule has 0 aliphatic carbocycles. The first kappa shape index (κ1) is 14.2. The summed E-state index contributed by atoms with van der Waals surface area (Å²) in [5, 5.41) is 9.04. The van der Waals surface area contributed by atoms with Gasteiger partial charge in [-0.25, -0.2) is 0 Å². The SMILES string of the molecule is CC1CCC(C(=O)O)CN1C(=O)CN1CSCC1=O. The topological polar surface area (TPSA) is 77.9 Å². The molecular weight excluding hydrogens is 268 g/mol. The number of likely N-dealkylation sites (tertiary alicyclic amines) is 1. The Morgan fingerprint density at radius 2 is 2.16 bits per heavy atom. The van der Waals surface area contributed by atoms with E-state index in [2.05, 4.69) is 0 Å². The van der Waals surface area contributed by atoms with Crippen LogP contribution in [0.4, 0.5) is 0 Å². The third-order valence-electron chi connectivity index (χ3n) is 3.70. The van der Waals surface area contributed by atoms with Gasteiger partial charge < -0.3 is 14.9 Å². The van der Waals surface area contributed by atoms with Crippen LogP contribution in [-0.4, -0.2) is 63.5 Å². The van der Waals surface area contributed by atoms with Gasteiger partial charge in [-0.2, -0.15) is 0 Å². The molecule has 0 radical (unpaired) electrons. The van der Waals surface area contributed by atoms with Gasteiger partial charge in [0.05, 0.1) is 17.5 Å². The van der Waals surface area contributed by atoms with Crippen LogP contribution in [0.5, 0.6) is 0 Å². The highest BCUT2D eigenvalue weighted by Crippen LogP contribution is 2.23. The zero-order valence-electron chi connectivity index (χ0n) is 10.9. The molecule has 2 rings (SSSR count). The van der Waals surface area contributed by atoms with Gasteiger partial charge in [-0.1, -0.05) is 0 Å². The van der Waals surface area contributed by atoms with Crippen molar-refractivity contribution in [1.29, 1.82) is 0 Å². The van der Waals surface area contributed by atoms with E-state index >= 15 is 0 Å². The lowest BCUT2D eigenvalue weighted by atomic mass is 9.93. The highest BCUT2D eigenvalue weighted by Gasteiger charge is 2.34. The lowest BCUT2D eigenvalue weighted by molar-refractivity contribution is -0.148. The molecule has 1 N–H and O–H groups in total. The summed E-state index contributed by atoms with van der Waals surface area (Å²) >= 11 is 1.50. The van der Waals surface area contributed by atoms with Gasteiger partial charge >= 0.3 is 5.97 Å². The first-order valence-corrected chi connectivity index (χ1v) is 7.52. The first-order valence-electron chi connectivity index (χ1n) is 6.37. The van der Waals surface area contributed by atoms with Gasteiger partial charge in [0.15, 0.2) is 0 Å². The van der Waals surface area contributed by atoms with Crippen molar-refractivity contribution in [3.05, 3.63) is 0 Å². The van der Waals surface area contributed by atoms with Gasteiger partial charge in [-0.05, 0) is 19.8 Å². The molecule has 0 aromatic rings. The summed E-state index contributed by atoms with van der Waals surface area (Å²) in [6.07, 6.45) is 1.31. The zero-order chi connectivity index (χ0) is 14.0. The molecule has 2 saturated heterocycles. The van der Waals surface area contributed by atoms with Gasteiger partial charge in [0, 0.05) is 12.6 Å². The molecule has 2 atom stereocenters. The summed E-state index contributed by atoms with van der Waals surface area (Å²) in [5.41, 5.74) is 0. The van der Waals surface area contributed by atoms with Crippen molar-refractivity contribution in [3.8, 4) is 0 Å². The van der Waals surface area contributed by atoms with E-state index in [0.29, 0.717) is 24.5 Å². The number of amides is 2. The van der Waals surface area contributed by atoms with Crippen LogP contribution in [-0.2, 0) is 14.4 Å². The zero-order valence-corrected chi connectivity index (χ0v) is 11.7. The normalized spacial score (nSPS) is 27.7. The van der Waals surface area contributed by atoms with Crippen LogP contribution < -0.4 is 0 Å². The van der Waals surface area contributed by atoms with Gasteiger partial charge in [0.25, 0.3) is 0 Å². The van der Waals surface area contributed by atoms with Crippen molar-refractivity contribution in [2.45, 2.75) is 25.8 Å². The Kier molecular flexibility index (Phi) is 4.34. The van der Waals surface area contributed by atoms with Crippen molar-refractivity contribution in [3.63, 3.8) is 0 Å². The molecular formula is C12H18N2O4S. The molecule has 2 heterocycles. The minimum atomic E-state index is -0.850. The van der Waals surface area contributed by atoms with Crippen LogP contribution in [0.25, 0.3) is 0 Å². The monoisotopic (exact) mass is 286 g/mol. The number of carboxylic acid groups (broad SMARTS) is 1. The molecule has 0 saturated carbocycles. The average molecular weight is 286 g/mol. The van der Waals surface area contributed by atoms with E-state index in [4.69, 9.17) is 5.11 Å². The minimum Gasteiger partial charge on any atom is -0.481 e. The van der Waals surface area contributed by atoms with E-state index in [-0.39, 0.29) is 30.9 Å². The molecule has 2 amide bonds. The van der Waals surface area contributed by atoms with E-state index in [9.17, 15) is 14.4 Å². The number of carbonyl (C=O) groups is 3. The maximum atomic E-state index is 12.2. The van der Waals surface area contributed by atoms with E-state index in [1.807, 2.05) is 6.92 Å². The Bertz CT molecular complexity index is 401. The maximum Gasteiger partial charge on any atom is 0.308 e. The Balaban J connectivity index is 1.96. The second-order valence-electron chi connectivity index (χ2n) is 5.08. The Morgan fingerprint density at radius 3 is 2.74 bits per heavy atom. The van der Waals surface area contributed by atoms with Crippen LogP contribution in [0, 0.1) is 5.92 Å². The van der Waals surface area contributed by atoms with E-state index < -0.39 is 11.9 Å². The number of carbonyl (C=O) groups excluding carboxylic acids is 2. The Labute approximate surface area is 116 Å². The van der Waals surface area contributed by atoms with Gasteiger partial charge in [-0.15, -0.1) is 11.8 Å². The van der Waals surface area contributed by atoms with Crippen LogP contribution in [0.15, 0.2) is 0 Å². The number of hydrogen-bond acceptors (Lipinski definition) is 4. The van der Waals surface area contributed by atoms with Crippen LogP contribution in [0.3, 0.4) is 0 Å². The fourth-order valence-corrected chi connectivity index (χ4v) is 3.35. The maximum absolute atomic E-state index is 12.2. The number of aliphatic carboxylic acids is 1. The number of piperidine rings is 1. The summed E-state index contributed by atoms with van der Waals surface area (Å²) in [6.45, 7) is 2.25. The van der Waals surface area contributed by atoms with Crippen molar-refractivity contribution >= 4 is 29.5 Å². The standard InChI is InChI=1S/C12H18N2O4S/c1-8-2-3-9(12(17)18)4-14(8)10(15)5-13-7-19-6-11(13)16/h8-9H,2-7H2,1H3,(H,17,18). The predicted octanol–water partition coefficient (Wildman–Crippen LogP) is 0.231. The third-order valence-corrected chi connectivity index (χ3v) is 4.65. The van der Waals surface area contributed by atoms with Crippen LogP contribution in [0.2, 0.25) is 0 Å². The molecule has 106 valence electrons. The molecule has 0 aromatic carbocycles. The molecule has 0 aromatic heterocycles. The summed E-state index contributed by atoms with van der Waals surface area (Å²) in [4.78, 5) is 37.9. The van der Waals surface area contributed by atoms with Gasteiger partial charge in [-0.3, -0.25) is 14.4 Å². The summed E-state index contributed by atoms with van der Waals surface area (Å²) in [5.74, 6) is -0.510. The summed E-state index contributed by atoms with van der Waals surface area (Å²) in [7, 11) is 0. The molecule has 19 heavy (non-hydrogen) atoms. The second-order valence-corrected chi connectivity index (χ2v) is 6.03. The van der Waals surface area contributed by atoms with Crippen molar-refractivity contribution in [2.24, 2.45) is 5.92 Å². The number of rotatable bonds is 3. The minimum absolute atomic E-state index is 0.0159. The quantitative estimate of drug-likeness (QED) is 0.803. The molecule has 6 nitrogen and oxygen atoms in total. The first-order chi connectivity index (χ1) is 8.99. The Hall–Kier alpha value is -1.24. The molecule has 0 bridgehead atoms. The largest absolute Gasteiger partial charge is 0.481 e. The van der Waals surface area contributed by atoms with Crippen LogP contribution >= 0.6 is 11.8 Å². The summed E-state index contributed by atoms with van der Waals surface area (Å²) < 4.78 is 0. The van der Waals surface area contributed by atoms with E-state index in [0.717, 1.165) is 0 Å². The molecule has 2 aliphatic heterocycles. The predicted molar refractivity (Wildman–Crippen MR) is 70.6 cm³/mol. The van der Waals surface area contributed by atoms with Gasteiger partial charge in [0.1, 0.15) is 6.54 Å². The Morgan fingerprint density at radius 1 is 1.42 bits per heavy atom. The van der Waals surface area contributed by atoms with E-state index in [1.165, 1.54) is 16.7 Å². The van der Waals surface area contributed by atoms with Crippen molar-refractivity contribution in [2.75, 3.05) is 24.7 Å². The number of thioether (sulfide) groups is 1. The van der Waals surface area contributed by atoms with Crippen LogP contribution in [0.1, 0.15) is 19.8 Å². The number of nitrogens with zero attached hydrogens (tertiary/aromatic N) is 2. The highest BCUT2D eigenvalue weighted by molar-refractivity contribution is 8.00. The second kappa shape index (κ2) is 5.81. The third kappa shape index (κ3) is 3.20. The average Bonchev–Trinajstić information content (AvgIpc) is 2.75. The molecule has 0 spiro atoms. The number of hydrogen-bond donors (Lipinski definition) is 1. The molecule has 2 aliphatic rings. The summed E-state index contributed by atoms with van der Waals surface area (Å²) in [6, 6.07) is 0.0495. The molecule has 2 unspecified atom stereocenters. The molecule has 7 heteroatoms. The van der Waals surface area contributed by atoms with E-state index in [1.54, 1.807) is 4.90 Å². The smallest absolute Gasteiger partial charge is 0.308 e. The lowest BCUT2D eigenvalue weighted by Gasteiger charge is -2.37. The molecule has 2 fully saturated rings. The van der Waals surface area contributed by atoms with Gasteiger partial charge in [0.2, 0.25) is 11.8 Å². The van der Waals surface area contributed by atoms with Crippen molar-refractivity contribution < 1.29 is 19.5 Å². The fraction of sp³-hybridized carbons (Fsp3) is 0.750. The number of carboxylic acids is 1. The highest BCUT2D eigenvalue weighted by atomic mass is 32.2. The lowest BCUT2D eigenvalue weighted by Crippen LogP contribution is -2.50.